The summed E-state index contributed by atoms with van der Waals surface area (Å²) in [6, 6.07) is 14.3. The molecule has 6 heteroatoms. The molecule has 4 nitrogen and oxygen atoms in total. The first-order valence-electron chi connectivity index (χ1n) is 8.25. The third-order valence-electron chi connectivity index (χ3n) is 4.30. The summed E-state index contributed by atoms with van der Waals surface area (Å²) in [5.74, 6) is -0.597. The minimum absolute atomic E-state index is 0.0771. The van der Waals surface area contributed by atoms with Crippen molar-refractivity contribution in [2.45, 2.75) is 6.04 Å². The average molecular weight is 407 g/mol. The van der Waals surface area contributed by atoms with E-state index in [-0.39, 0.29) is 17.8 Å². The number of hydrogen-bond acceptors (Lipinski definition) is 3. The van der Waals surface area contributed by atoms with Gasteiger partial charge < -0.3 is 10.1 Å². The van der Waals surface area contributed by atoms with Gasteiger partial charge in [0.25, 0.3) is 5.91 Å². The van der Waals surface area contributed by atoms with Crippen LogP contribution in [0.25, 0.3) is 0 Å². The molecular weight excluding hydrogens is 387 g/mol. The van der Waals surface area contributed by atoms with Crippen molar-refractivity contribution >= 4 is 21.8 Å². The SMILES string of the molecule is O=C(NCC(c1ccccc1)N1CCOCC1)c1ccc(F)cc1Br. The minimum atomic E-state index is -0.376. The first-order valence-corrected chi connectivity index (χ1v) is 9.04. The maximum absolute atomic E-state index is 13.2. The van der Waals surface area contributed by atoms with Crippen LogP contribution in [-0.2, 0) is 4.74 Å². The topological polar surface area (TPSA) is 41.6 Å². The number of halogens is 2. The van der Waals surface area contributed by atoms with E-state index < -0.39 is 0 Å². The zero-order valence-corrected chi connectivity index (χ0v) is 15.3. The van der Waals surface area contributed by atoms with Gasteiger partial charge in [0.1, 0.15) is 5.82 Å². The molecular formula is C19H20BrFN2O2. The van der Waals surface area contributed by atoms with Crippen molar-refractivity contribution in [3.05, 3.63) is 69.9 Å². The molecule has 0 radical (unpaired) electrons. The number of rotatable bonds is 5. The Morgan fingerprint density at radius 1 is 1.20 bits per heavy atom. The maximum Gasteiger partial charge on any atom is 0.252 e. The molecule has 132 valence electrons. The highest BCUT2D eigenvalue weighted by molar-refractivity contribution is 9.10. The van der Waals surface area contributed by atoms with Crippen LogP contribution in [0, 0.1) is 5.82 Å². The number of nitrogens with zero attached hydrogens (tertiary/aromatic N) is 1. The lowest BCUT2D eigenvalue weighted by atomic mass is 10.0. The van der Waals surface area contributed by atoms with Crippen LogP contribution >= 0.6 is 15.9 Å². The molecule has 2 aromatic carbocycles. The van der Waals surface area contributed by atoms with Crippen LogP contribution in [-0.4, -0.2) is 43.7 Å². The predicted octanol–water partition coefficient (Wildman–Crippen LogP) is 3.39. The number of carbonyl (C=O) groups is 1. The molecule has 1 aliphatic heterocycles. The Morgan fingerprint density at radius 2 is 1.92 bits per heavy atom. The molecule has 0 aromatic heterocycles. The van der Waals surface area contributed by atoms with Crippen molar-refractivity contribution in [3.8, 4) is 0 Å². The molecule has 25 heavy (non-hydrogen) atoms. The van der Waals surface area contributed by atoms with Crippen molar-refractivity contribution in [2.75, 3.05) is 32.8 Å². The summed E-state index contributed by atoms with van der Waals surface area (Å²) in [4.78, 5) is 14.8. The molecule has 1 amide bonds. The van der Waals surface area contributed by atoms with Gasteiger partial charge in [0.2, 0.25) is 0 Å². The Labute approximate surface area is 155 Å². The second-order valence-electron chi connectivity index (χ2n) is 5.91. The van der Waals surface area contributed by atoms with Crippen molar-refractivity contribution < 1.29 is 13.9 Å². The first kappa shape index (κ1) is 18.0. The molecule has 1 atom stereocenters. The fraction of sp³-hybridized carbons (Fsp3) is 0.316. The molecule has 0 saturated carbocycles. The van der Waals surface area contributed by atoms with Gasteiger partial charge in [-0.3, -0.25) is 9.69 Å². The lowest BCUT2D eigenvalue weighted by molar-refractivity contribution is 0.0162. The molecule has 1 fully saturated rings. The Hall–Kier alpha value is -1.76. The van der Waals surface area contributed by atoms with Gasteiger partial charge in [0.05, 0.1) is 24.8 Å². The Kier molecular flexibility index (Phi) is 6.18. The molecule has 1 N–H and O–H groups in total. The van der Waals surface area contributed by atoms with Crippen LogP contribution in [0.15, 0.2) is 53.0 Å². The van der Waals surface area contributed by atoms with Crippen molar-refractivity contribution in [2.24, 2.45) is 0 Å². The van der Waals surface area contributed by atoms with Gasteiger partial charge in [-0.25, -0.2) is 4.39 Å². The van der Waals surface area contributed by atoms with Gasteiger partial charge >= 0.3 is 0 Å². The van der Waals surface area contributed by atoms with Gasteiger partial charge in [0, 0.05) is 24.1 Å². The molecule has 3 rings (SSSR count). The van der Waals surface area contributed by atoms with Crippen LogP contribution in [0.2, 0.25) is 0 Å². The highest BCUT2D eigenvalue weighted by Crippen LogP contribution is 2.22. The van der Waals surface area contributed by atoms with Crippen molar-refractivity contribution in [1.82, 2.24) is 10.2 Å². The standard InChI is InChI=1S/C19H20BrFN2O2/c20-17-12-15(21)6-7-16(17)19(24)22-13-18(14-4-2-1-3-5-14)23-8-10-25-11-9-23/h1-7,12,18H,8-11,13H2,(H,22,24). The summed E-state index contributed by atoms with van der Waals surface area (Å²) in [6.45, 7) is 3.53. The average Bonchev–Trinajstić information content (AvgIpc) is 2.63. The summed E-state index contributed by atoms with van der Waals surface area (Å²) < 4.78 is 19.1. The van der Waals surface area contributed by atoms with Crippen LogP contribution < -0.4 is 5.32 Å². The van der Waals surface area contributed by atoms with Gasteiger partial charge in [-0.1, -0.05) is 30.3 Å². The van der Waals surface area contributed by atoms with Crippen LogP contribution in [0.4, 0.5) is 4.39 Å². The number of amides is 1. The Morgan fingerprint density at radius 3 is 2.60 bits per heavy atom. The number of benzene rings is 2. The smallest absolute Gasteiger partial charge is 0.252 e. The lowest BCUT2D eigenvalue weighted by Gasteiger charge is -2.35. The maximum atomic E-state index is 13.2. The largest absolute Gasteiger partial charge is 0.379 e. The highest BCUT2D eigenvalue weighted by atomic mass is 79.9. The first-order chi connectivity index (χ1) is 12.1. The molecule has 1 heterocycles. The van der Waals surface area contributed by atoms with Gasteiger partial charge in [-0.15, -0.1) is 0 Å². The number of carbonyl (C=O) groups excluding carboxylic acids is 1. The fourth-order valence-corrected chi connectivity index (χ4v) is 3.51. The highest BCUT2D eigenvalue weighted by Gasteiger charge is 2.23. The van der Waals surface area contributed by atoms with Gasteiger partial charge in [-0.2, -0.15) is 0 Å². The summed E-state index contributed by atoms with van der Waals surface area (Å²) in [6.07, 6.45) is 0. The van der Waals surface area contributed by atoms with Gasteiger partial charge in [0.15, 0.2) is 0 Å². The zero-order valence-electron chi connectivity index (χ0n) is 13.8. The molecule has 2 aromatic rings. The molecule has 0 aliphatic carbocycles. The Bertz CT molecular complexity index is 721. The second kappa shape index (κ2) is 8.56. The quantitative estimate of drug-likeness (QED) is 0.827. The number of morpholine rings is 1. The van der Waals surface area contributed by atoms with E-state index in [1.54, 1.807) is 0 Å². The zero-order chi connectivity index (χ0) is 17.6. The van der Waals surface area contributed by atoms with E-state index >= 15 is 0 Å². The van der Waals surface area contributed by atoms with Crippen LogP contribution in [0.3, 0.4) is 0 Å². The van der Waals surface area contributed by atoms with E-state index in [1.165, 1.54) is 18.2 Å². The van der Waals surface area contributed by atoms with E-state index in [2.05, 4.69) is 38.3 Å². The fourth-order valence-electron chi connectivity index (χ4n) is 2.98. The molecule has 0 bridgehead atoms. The van der Waals surface area contributed by atoms with E-state index in [4.69, 9.17) is 4.74 Å². The molecule has 1 saturated heterocycles. The van der Waals surface area contributed by atoms with E-state index in [1.807, 2.05) is 18.2 Å². The summed E-state index contributed by atoms with van der Waals surface area (Å²) in [5, 5.41) is 2.98. The number of nitrogens with one attached hydrogen (secondary N) is 1. The monoisotopic (exact) mass is 406 g/mol. The van der Waals surface area contributed by atoms with Crippen molar-refractivity contribution in [1.29, 1.82) is 0 Å². The van der Waals surface area contributed by atoms with E-state index in [0.29, 0.717) is 29.8 Å². The second-order valence-corrected chi connectivity index (χ2v) is 6.76. The number of hydrogen-bond donors (Lipinski definition) is 1. The summed E-state index contributed by atoms with van der Waals surface area (Å²) >= 11 is 3.25. The third-order valence-corrected chi connectivity index (χ3v) is 4.96. The third kappa shape index (κ3) is 4.66. The number of ether oxygens (including phenoxy) is 1. The minimum Gasteiger partial charge on any atom is -0.379 e. The predicted molar refractivity (Wildman–Crippen MR) is 98.0 cm³/mol. The van der Waals surface area contributed by atoms with E-state index in [9.17, 15) is 9.18 Å². The van der Waals surface area contributed by atoms with Crippen molar-refractivity contribution in [3.63, 3.8) is 0 Å². The summed E-state index contributed by atoms with van der Waals surface area (Å²) in [5.41, 5.74) is 1.58. The molecule has 1 aliphatic rings. The van der Waals surface area contributed by atoms with Crippen LogP contribution in [0.1, 0.15) is 22.0 Å². The normalized spacial score (nSPS) is 16.4. The Balaban J connectivity index is 1.72. The van der Waals surface area contributed by atoms with Crippen LogP contribution in [0.5, 0.6) is 0 Å². The summed E-state index contributed by atoms with van der Waals surface area (Å²) in [7, 11) is 0. The van der Waals surface area contributed by atoms with Gasteiger partial charge in [-0.05, 0) is 39.7 Å². The lowest BCUT2D eigenvalue weighted by Crippen LogP contribution is -2.43. The molecule has 1 unspecified atom stereocenters. The van der Waals surface area contributed by atoms with E-state index in [0.717, 1.165) is 18.7 Å². The molecule has 0 spiro atoms.